The quantitative estimate of drug-likeness (QED) is 0.767. The van der Waals surface area contributed by atoms with Crippen LogP contribution in [0.25, 0.3) is 0 Å². The van der Waals surface area contributed by atoms with E-state index in [4.69, 9.17) is 9.47 Å². The van der Waals surface area contributed by atoms with Crippen molar-refractivity contribution in [2.24, 2.45) is 0 Å². The van der Waals surface area contributed by atoms with Crippen LogP contribution in [0, 0.1) is 0 Å². The van der Waals surface area contributed by atoms with Gasteiger partial charge in [-0.15, -0.1) is 0 Å². The van der Waals surface area contributed by atoms with E-state index in [1.54, 1.807) is 26.4 Å². The highest BCUT2D eigenvalue weighted by atomic mass is 16.5. The minimum atomic E-state index is -0.00782. The number of carbonyl (C=O) groups is 1. The monoisotopic (exact) mass is 193 g/mol. The van der Waals surface area contributed by atoms with Crippen LogP contribution in [0.1, 0.15) is 5.56 Å². The molecule has 74 valence electrons. The first-order chi connectivity index (χ1) is 6.74. The second-order valence-electron chi connectivity index (χ2n) is 3.08. The van der Waals surface area contributed by atoms with Crippen LogP contribution in [0.15, 0.2) is 12.1 Å². The molecule has 1 aliphatic rings. The van der Waals surface area contributed by atoms with Crippen LogP contribution >= 0.6 is 0 Å². The number of benzene rings is 1. The molecule has 2 rings (SSSR count). The Morgan fingerprint density at radius 1 is 1.29 bits per heavy atom. The van der Waals surface area contributed by atoms with E-state index in [9.17, 15) is 4.79 Å². The van der Waals surface area contributed by atoms with Gasteiger partial charge in [-0.2, -0.15) is 0 Å². The Bertz CT molecular complexity index is 387. The van der Waals surface area contributed by atoms with Crippen molar-refractivity contribution in [2.75, 3.05) is 19.5 Å². The average Bonchev–Trinajstić information content (AvgIpc) is 2.56. The van der Waals surface area contributed by atoms with E-state index in [1.165, 1.54) is 0 Å². The van der Waals surface area contributed by atoms with Crippen molar-refractivity contribution in [1.29, 1.82) is 0 Å². The maximum absolute atomic E-state index is 11.2. The maximum atomic E-state index is 11.2. The van der Waals surface area contributed by atoms with Gasteiger partial charge in [-0.05, 0) is 0 Å². The Hall–Kier alpha value is -1.71. The van der Waals surface area contributed by atoms with Crippen molar-refractivity contribution >= 4 is 11.6 Å². The van der Waals surface area contributed by atoms with Crippen molar-refractivity contribution in [3.05, 3.63) is 17.7 Å². The summed E-state index contributed by atoms with van der Waals surface area (Å²) in [6, 6.07) is 3.57. The number of carbonyl (C=O) groups excluding carboxylic acids is 1. The lowest BCUT2D eigenvalue weighted by atomic mass is 10.1. The van der Waals surface area contributed by atoms with Gasteiger partial charge in [0.2, 0.25) is 5.91 Å². The Morgan fingerprint density at radius 2 is 2.07 bits per heavy atom. The van der Waals surface area contributed by atoms with E-state index in [2.05, 4.69) is 5.32 Å². The van der Waals surface area contributed by atoms with Gasteiger partial charge < -0.3 is 14.8 Å². The number of ether oxygens (including phenoxy) is 2. The third-order valence-electron chi connectivity index (χ3n) is 2.25. The molecule has 0 bridgehead atoms. The second-order valence-corrected chi connectivity index (χ2v) is 3.08. The molecule has 4 nitrogen and oxygen atoms in total. The number of fused-ring (bicyclic) bond motifs is 1. The largest absolute Gasteiger partial charge is 0.497 e. The van der Waals surface area contributed by atoms with E-state index in [1.807, 2.05) is 0 Å². The molecule has 0 saturated heterocycles. The molecular formula is C10H11NO3. The molecule has 1 aromatic carbocycles. The fourth-order valence-electron chi connectivity index (χ4n) is 1.57. The van der Waals surface area contributed by atoms with Crippen LogP contribution in [-0.2, 0) is 11.2 Å². The lowest BCUT2D eigenvalue weighted by molar-refractivity contribution is -0.115. The second kappa shape index (κ2) is 3.21. The molecule has 1 N–H and O–H groups in total. The highest BCUT2D eigenvalue weighted by Gasteiger charge is 2.22. The van der Waals surface area contributed by atoms with Crippen LogP contribution in [0.3, 0.4) is 0 Å². The summed E-state index contributed by atoms with van der Waals surface area (Å²) in [6.07, 6.45) is 0.377. The summed E-state index contributed by atoms with van der Waals surface area (Å²) in [6.45, 7) is 0. The highest BCUT2D eigenvalue weighted by molar-refractivity contribution is 6.00. The first-order valence-electron chi connectivity index (χ1n) is 4.29. The third kappa shape index (κ3) is 1.28. The van der Waals surface area contributed by atoms with Crippen molar-refractivity contribution in [3.8, 4) is 11.5 Å². The molecular weight excluding hydrogens is 182 g/mol. The smallest absolute Gasteiger partial charge is 0.229 e. The van der Waals surface area contributed by atoms with Gasteiger partial charge in [0.1, 0.15) is 11.5 Å². The van der Waals surface area contributed by atoms with Crippen molar-refractivity contribution in [1.82, 2.24) is 0 Å². The number of nitrogens with one attached hydrogen (secondary N) is 1. The van der Waals surface area contributed by atoms with E-state index in [-0.39, 0.29) is 5.91 Å². The Morgan fingerprint density at radius 3 is 2.71 bits per heavy atom. The summed E-state index contributed by atoms with van der Waals surface area (Å²) < 4.78 is 10.3. The molecule has 0 aromatic heterocycles. The van der Waals surface area contributed by atoms with Crippen LogP contribution in [-0.4, -0.2) is 20.1 Å². The number of hydrogen-bond acceptors (Lipinski definition) is 3. The van der Waals surface area contributed by atoms with Gasteiger partial charge in [0, 0.05) is 17.7 Å². The van der Waals surface area contributed by atoms with Crippen LogP contribution in [0.2, 0.25) is 0 Å². The van der Waals surface area contributed by atoms with E-state index in [0.717, 1.165) is 11.3 Å². The first kappa shape index (κ1) is 8.87. The summed E-state index contributed by atoms with van der Waals surface area (Å²) in [5.74, 6) is 1.37. The summed E-state index contributed by atoms with van der Waals surface area (Å²) in [5.41, 5.74) is 1.68. The van der Waals surface area contributed by atoms with E-state index < -0.39 is 0 Å². The Kier molecular flexibility index (Phi) is 2.04. The summed E-state index contributed by atoms with van der Waals surface area (Å²) in [5, 5.41) is 2.75. The fraction of sp³-hybridized carbons (Fsp3) is 0.300. The van der Waals surface area contributed by atoms with Gasteiger partial charge in [0.15, 0.2) is 0 Å². The number of rotatable bonds is 2. The maximum Gasteiger partial charge on any atom is 0.229 e. The molecule has 0 spiro atoms. The molecule has 0 fully saturated rings. The zero-order chi connectivity index (χ0) is 10.1. The lowest BCUT2D eigenvalue weighted by Gasteiger charge is -2.08. The Balaban J connectivity index is 2.51. The van der Waals surface area contributed by atoms with E-state index >= 15 is 0 Å². The Labute approximate surface area is 81.8 Å². The zero-order valence-corrected chi connectivity index (χ0v) is 8.09. The molecule has 1 aliphatic heterocycles. The highest BCUT2D eigenvalue weighted by Crippen LogP contribution is 2.35. The summed E-state index contributed by atoms with van der Waals surface area (Å²) in [4.78, 5) is 11.2. The van der Waals surface area contributed by atoms with Crippen LogP contribution in [0.5, 0.6) is 11.5 Å². The number of hydrogen-bond donors (Lipinski definition) is 1. The van der Waals surface area contributed by atoms with Gasteiger partial charge in [-0.25, -0.2) is 0 Å². The normalized spacial score (nSPS) is 13.4. The standard InChI is InChI=1S/C10H11NO3/c1-13-6-3-8-7(5-10(12)11-8)9(4-6)14-2/h3-4H,5H2,1-2H3,(H,11,12). The summed E-state index contributed by atoms with van der Waals surface area (Å²) >= 11 is 0. The molecule has 0 saturated carbocycles. The van der Waals surface area contributed by atoms with Crippen molar-refractivity contribution < 1.29 is 14.3 Å². The SMILES string of the molecule is COc1cc2c(c(OC)c1)CC(=O)N2. The fourth-order valence-corrected chi connectivity index (χ4v) is 1.57. The molecule has 0 unspecified atom stereocenters. The topological polar surface area (TPSA) is 47.6 Å². The van der Waals surface area contributed by atoms with Gasteiger partial charge in [-0.3, -0.25) is 4.79 Å². The lowest BCUT2D eigenvalue weighted by Crippen LogP contribution is -2.03. The predicted molar refractivity (Wildman–Crippen MR) is 51.9 cm³/mol. The number of methoxy groups -OCH3 is 2. The minimum Gasteiger partial charge on any atom is -0.497 e. The molecule has 1 aromatic rings. The molecule has 0 aliphatic carbocycles. The van der Waals surface area contributed by atoms with E-state index in [0.29, 0.717) is 17.9 Å². The van der Waals surface area contributed by atoms with Crippen molar-refractivity contribution in [2.45, 2.75) is 6.42 Å². The molecule has 1 heterocycles. The molecule has 14 heavy (non-hydrogen) atoms. The minimum absolute atomic E-state index is 0.00782. The summed E-state index contributed by atoms with van der Waals surface area (Å²) in [7, 11) is 3.16. The number of amides is 1. The molecule has 0 atom stereocenters. The predicted octanol–water partition coefficient (Wildman–Crippen LogP) is 1.20. The number of anilines is 1. The van der Waals surface area contributed by atoms with Gasteiger partial charge in [-0.1, -0.05) is 0 Å². The first-order valence-corrected chi connectivity index (χ1v) is 4.29. The third-order valence-corrected chi connectivity index (χ3v) is 2.25. The zero-order valence-electron chi connectivity index (χ0n) is 8.09. The van der Waals surface area contributed by atoms with Crippen LogP contribution in [0.4, 0.5) is 5.69 Å². The molecule has 1 amide bonds. The molecule has 4 heteroatoms. The molecule has 0 radical (unpaired) electrons. The van der Waals surface area contributed by atoms with Crippen molar-refractivity contribution in [3.63, 3.8) is 0 Å². The van der Waals surface area contributed by atoms with Gasteiger partial charge >= 0.3 is 0 Å². The van der Waals surface area contributed by atoms with Gasteiger partial charge in [0.25, 0.3) is 0 Å². The average molecular weight is 193 g/mol. The van der Waals surface area contributed by atoms with Gasteiger partial charge in [0.05, 0.1) is 26.3 Å². The van der Waals surface area contributed by atoms with Crippen LogP contribution < -0.4 is 14.8 Å².